The molecule has 7 heteroatoms. The molecule has 0 saturated heterocycles. The Morgan fingerprint density at radius 1 is 1.57 bits per heavy atom. The van der Waals surface area contributed by atoms with E-state index in [4.69, 9.17) is 16.0 Å². The van der Waals surface area contributed by atoms with E-state index in [1.807, 2.05) is 35.7 Å². The predicted octanol–water partition coefficient (Wildman–Crippen LogP) is 1.92. The van der Waals surface area contributed by atoms with Crippen LogP contribution in [0.5, 0.6) is 0 Å². The fourth-order valence-corrected chi connectivity index (χ4v) is 2.14. The molecule has 2 aromatic rings. The first-order valence-electron chi connectivity index (χ1n) is 6.72. The number of aromatic nitrogens is 2. The molecule has 2 rings (SSSR count). The average molecular weight is 310 g/mol. The van der Waals surface area contributed by atoms with E-state index in [2.05, 4.69) is 15.3 Å². The highest BCUT2D eigenvalue weighted by molar-refractivity contribution is 6.29. The number of rotatable bonds is 5. The van der Waals surface area contributed by atoms with Gasteiger partial charge in [-0.25, -0.2) is 4.98 Å². The second-order valence-electron chi connectivity index (χ2n) is 4.72. The van der Waals surface area contributed by atoms with Crippen molar-refractivity contribution in [1.82, 2.24) is 19.8 Å². The van der Waals surface area contributed by atoms with Crippen molar-refractivity contribution in [3.8, 4) is 0 Å². The highest BCUT2D eigenvalue weighted by atomic mass is 35.5. The van der Waals surface area contributed by atoms with Crippen LogP contribution in [0.1, 0.15) is 11.6 Å². The zero-order chi connectivity index (χ0) is 15.2. The van der Waals surface area contributed by atoms with Crippen LogP contribution in [0.4, 0.5) is 0 Å². The Hall–Kier alpha value is -1.95. The quantitative estimate of drug-likeness (QED) is 0.677. The van der Waals surface area contributed by atoms with Crippen molar-refractivity contribution in [2.24, 2.45) is 12.0 Å². The van der Waals surface area contributed by atoms with Gasteiger partial charge in [0.25, 0.3) is 0 Å². The third-order valence-corrected chi connectivity index (χ3v) is 3.57. The molecule has 114 valence electrons. The maximum absolute atomic E-state index is 5.99. The van der Waals surface area contributed by atoms with Crippen LogP contribution in [-0.4, -0.2) is 41.1 Å². The van der Waals surface area contributed by atoms with Gasteiger partial charge in [-0.15, -0.1) is 0 Å². The van der Waals surface area contributed by atoms with Crippen LogP contribution >= 0.6 is 11.6 Å². The highest BCUT2D eigenvalue weighted by Gasteiger charge is 2.11. The summed E-state index contributed by atoms with van der Waals surface area (Å²) in [7, 11) is 5.62. The van der Waals surface area contributed by atoms with Crippen molar-refractivity contribution in [3.63, 3.8) is 0 Å². The van der Waals surface area contributed by atoms with E-state index in [0.29, 0.717) is 11.7 Å². The van der Waals surface area contributed by atoms with Gasteiger partial charge in [0.15, 0.2) is 5.96 Å². The number of aliphatic imine (C=N–C) groups is 1. The molecular weight excluding hydrogens is 290 g/mol. The second-order valence-corrected chi connectivity index (χ2v) is 5.10. The first kappa shape index (κ1) is 15.4. The first-order chi connectivity index (χ1) is 10.1. The van der Waals surface area contributed by atoms with Crippen molar-refractivity contribution in [1.29, 1.82) is 0 Å². The lowest BCUT2D eigenvalue weighted by Gasteiger charge is -2.21. The standard InChI is InChI=1S/C14H20ClN5O/c1-16-14(17-7-6-11-5-4-8-21-11)19(2)10-13-18-9-12(15)20(13)3/h4-5,8-9H,6-7,10H2,1-3H3,(H,16,17). The van der Waals surface area contributed by atoms with E-state index < -0.39 is 0 Å². The van der Waals surface area contributed by atoms with Gasteiger partial charge in [-0.05, 0) is 12.1 Å². The summed E-state index contributed by atoms with van der Waals surface area (Å²) in [5.41, 5.74) is 0. The smallest absolute Gasteiger partial charge is 0.193 e. The van der Waals surface area contributed by atoms with Gasteiger partial charge in [0.05, 0.1) is 19.0 Å². The van der Waals surface area contributed by atoms with E-state index in [1.54, 1.807) is 19.5 Å². The maximum atomic E-state index is 5.99. The monoisotopic (exact) mass is 309 g/mol. The molecule has 0 atom stereocenters. The average Bonchev–Trinajstić information content (AvgIpc) is 3.09. The molecule has 0 amide bonds. The summed E-state index contributed by atoms with van der Waals surface area (Å²) in [6.45, 7) is 1.38. The van der Waals surface area contributed by atoms with Gasteiger partial charge in [0, 0.05) is 34.1 Å². The second kappa shape index (κ2) is 7.17. The van der Waals surface area contributed by atoms with Crippen molar-refractivity contribution in [3.05, 3.63) is 41.3 Å². The lowest BCUT2D eigenvalue weighted by atomic mass is 10.3. The number of nitrogens with one attached hydrogen (secondary N) is 1. The normalized spacial score (nSPS) is 11.7. The Morgan fingerprint density at radius 3 is 2.95 bits per heavy atom. The van der Waals surface area contributed by atoms with Crippen LogP contribution in [-0.2, 0) is 20.0 Å². The Bertz CT molecular complexity index is 591. The summed E-state index contributed by atoms with van der Waals surface area (Å²) in [6.07, 6.45) is 4.15. The van der Waals surface area contributed by atoms with Gasteiger partial charge in [-0.3, -0.25) is 4.99 Å². The topological polar surface area (TPSA) is 58.6 Å². The minimum Gasteiger partial charge on any atom is -0.469 e. The number of furan rings is 1. The minimum atomic E-state index is 0.624. The molecule has 0 aliphatic heterocycles. The van der Waals surface area contributed by atoms with Gasteiger partial charge < -0.3 is 19.2 Å². The number of guanidine groups is 1. The fraction of sp³-hybridized carbons (Fsp3) is 0.429. The molecule has 0 aliphatic carbocycles. The number of hydrogen-bond donors (Lipinski definition) is 1. The predicted molar refractivity (Wildman–Crippen MR) is 83.5 cm³/mol. The summed E-state index contributed by atoms with van der Waals surface area (Å²) >= 11 is 5.99. The van der Waals surface area contributed by atoms with Crippen molar-refractivity contribution >= 4 is 17.6 Å². The maximum Gasteiger partial charge on any atom is 0.193 e. The van der Waals surface area contributed by atoms with Crippen molar-refractivity contribution < 1.29 is 4.42 Å². The molecule has 0 fully saturated rings. The summed E-state index contributed by atoms with van der Waals surface area (Å²) in [6, 6.07) is 3.85. The van der Waals surface area contributed by atoms with Crippen LogP contribution in [0.2, 0.25) is 5.15 Å². The SMILES string of the molecule is CN=C(NCCc1ccco1)N(C)Cc1ncc(Cl)n1C. The lowest BCUT2D eigenvalue weighted by Crippen LogP contribution is -2.39. The zero-order valence-electron chi connectivity index (χ0n) is 12.5. The molecule has 0 saturated carbocycles. The Balaban J connectivity index is 1.86. The molecule has 21 heavy (non-hydrogen) atoms. The molecule has 0 aliphatic rings. The number of hydrogen-bond acceptors (Lipinski definition) is 3. The molecule has 0 bridgehead atoms. The van der Waals surface area contributed by atoms with Gasteiger partial charge in [-0.2, -0.15) is 0 Å². The Labute approximate surface area is 129 Å². The van der Waals surface area contributed by atoms with Gasteiger partial charge >= 0.3 is 0 Å². The van der Waals surface area contributed by atoms with Crippen LogP contribution < -0.4 is 5.32 Å². The van der Waals surface area contributed by atoms with E-state index >= 15 is 0 Å². The molecule has 0 aromatic carbocycles. The minimum absolute atomic E-state index is 0.624. The molecule has 0 spiro atoms. The molecule has 6 nitrogen and oxygen atoms in total. The Morgan fingerprint density at radius 2 is 2.38 bits per heavy atom. The number of halogens is 1. The molecule has 0 radical (unpaired) electrons. The van der Waals surface area contributed by atoms with Gasteiger partial charge in [-0.1, -0.05) is 11.6 Å². The van der Waals surface area contributed by atoms with E-state index in [0.717, 1.165) is 30.5 Å². The Kier molecular flexibility index (Phi) is 5.27. The zero-order valence-corrected chi connectivity index (χ0v) is 13.3. The molecule has 2 heterocycles. The summed E-state index contributed by atoms with van der Waals surface area (Å²) in [5.74, 6) is 2.65. The fourth-order valence-electron chi connectivity index (χ4n) is 2.00. The van der Waals surface area contributed by atoms with Gasteiger partial charge in [0.1, 0.15) is 16.7 Å². The van der Waals surface area contributed by atoms with Crippen LogP contribution in [0.15, 0.2) is 34.0 Å². The first-order valence-corrected chi connectivity index (χ1v) is 7.10. The number of imidazole rings is 1. The van der Waals surface area contributed by atoms with Crippen molar-refractivity contribution in [2.45, 2.75) is 13.0 Å². The highest BCUT2D eigenvalue weighted by Crippen LogP contribution is 2.10. The van der Waals surface area contributed by atoms with E-state index in [1.165, 1.54) is 0 Å². The molecule has 2 aromatic heterocycles. The summed E-state index contributed by atoms with van der Waals surface area (Å²) < 4.78 is 7.16. The van der Waals surface area contributed by atoms with E-state index in [-0.39, 0.29) is 0 Å². The summed E-state index contributed by atoms with van der Waals surface area (Å²) in [4.78, 5) is 10.6. The molecular formula is C14H20ClN5O. The van der Waals surface area contributed by atoms with Crippen LogP contribution in [0, 0.1) is 0 Å². The third-order valence-electron chi connectivity index (χ3n) is 3.21. The number of nitrogens with zero attached hydrogens (tertiary/aromatic N) is 4. The molecule has 0 unspecified atom stereocenters. The summed E-state index contributed by atoms with van der Waals surface area (Å²) in [5, 5.41) is 3.92. The van der Waals surface area contributed by atoms with Crippen LogP contribution in [0.25, 0.3) is 0 Å². The molecule has 1 N–H and O–H groups in total. The van der Waals surface area contributed by atoms with Crippen molar-refractivity contribution in [2.75, 3.05) is 20.6 Å². The van der Waals surface area contributed by atoms with E-state index in [9.17, 15) is 0 Å². The largest absolute Gasteiger partial charge is 0.469 e. The van der Waals surface area contributed by atoms with Gasteiger partial charge in [0.2, 0.25) is 0 Å². The third kappa shape index (κ3) is 4.01. The lowest BCUT2D eigenvalue weighted by molar-refractivity contribution is 0.450. The van der Waals surface area contributed by atoms with Crippen LogP contribution in [0.3, 0.4) is 0 Å².